The largest absolute Gasteiger partial charge is 0.493 e. The molecule has 1 rings (SSSR count). The van der Waals surface area contributed by atoms with Crippen LogP contribution in [-0.2, 0) is 9.53 Å². The highest BCUT2D eigenvalue weighted by Gasteiger charge is 2.19. The van der Waals surface area contributed by atoms with Crippen molar-refractivity contribution in [3.8, 4) is 11.5 Å². The first-order valence-electron chi connectivity index (χ1n) is 6.83. The summed E-state index contributed by atoms with van der Waals surface area (Å²) >= 11 is 0. The van der Waals surface area contributed by atoms with Gasteiger partial charge in [-0.05, 0) is 39.0 Å². The zero-order chi connectivity index (χ0) is 15.8. The molecule has 0 aromatic heterocycles. The fourth-order valence-corrected chi connectivity index (χ4v) is 1.67. The molecule has 21 heavy (non-hydrogen) atoms. The van der Waals surface area contributed by atoms with Crippen LogP contribution in [0.5, 0.6) is 11.5 Å². The fraction of sp³-hybridized carbons (Fsp3) is 0.467. The van der Waals surface area contributed by atoms with Crippen LogP contribution >= 0.6 is 0 Å². The lowest BCUT2D eigenvalue weighted by Gasteiger charge is -2.14. The number of carbonyl (C=O) groups excluding carboxylic acids is 2. The van der Waals surface area contributed by atoms with Crippen LogP contribution in [0.1, 0.15) is 31.1 Å². The van der Waals surface area contributed by atoms with Gasteiger partial charge in [0.2, 0.25) is 0 Å². The maximum atomic E-state index is 12.0. The summed E-state index contributed by atoms with van der Waals surface area (Å²) in [7, 11) is 1.52. The molecule has 1 amide bonds. The molecule has 0 fully saturated rings. The minimum absolute atomic E-state index is 0.301. The van der Waals surface area contributed by atoms with Crippen LogP contribution in [0, 0.1) is 0 Å². The average molecular weight is 295 g/mol. The monoisotopic (exact) mass is 295 g/mol. The van der Waals surface area contributed by atoms with E-state index < -0.39 is 12.1 Å². The summed E-state index contributed by atoms with van der Waals surface area (Å²) in [5.74, 6) is 0.0760. The predicted molar refractivity (Wildman–Crippen MR) is 77.7 cm³/mol. The van der Waals surface area contributed by atoms with Crippen molar-refractivity contribution < 1.29 is 23.8 Å². The first-order chi connectivity index (χ1) is 10.0. The molecule has 0 saturated heterocycles. The Morgan fingerprint density at radius 3 is 2.52 bits per heavy atom. The maximum absolute atomic E-state index is 12.0. The molecule has 0 aliphatic heterocycles. The van der Waals surface area contributed by atoms with Crippen LogP contribution in [0.15, 0.2) is 18.2 Å². The van der Waals surface area contributed by atoms with E-state index in [9.17, 15) is 9.59 Å². The normalized spacial score (nSPS) is 11.4. The quantitative estimate of drug-likeness (QED) is 0.776. The van der Waals surface area contributed by atoms with E-state index in [-0.39, 0.29) is 5.91 Å². The van der Waals surface area contributed by atoms with Gasteiger partial charge < -0.3 is 19.5 Å². The Hall–Kier alpha value is -2.24. The molecule has 6 heteroatoms. The van der Waals surface area contributed by atoms with Crippen LogP contribution in [0.2, 0.25) is 0 Å². The molecular formula is C15H21NO5. The molecule has 0 aliphatic rings. The van der Waals surface area contributed by atoms with Gasteiger partial charge in [-0.1, -0.05) is 0 Å². The number of hydrogen-bond donors (Lipinski definition) is 1. The van der Waals surface area contributed by atoms with E-state index in [1.807, 2.05) is 6.92 Å². The third-order valence-electron chi connectivity index (χ3n) is 2.70. The molecule has 116 valence electrons. The number of amides is 1. The van der Waals surface area contributed by atoms with Crippen molar-refractivity contribution >= 4 is 11.9 Å². The third-order valence-corrected chi connectivity index (χ3v) is 2.70. The first kappa shape index (κ1) is 16.8. The molecule has 1 aromatic rings. The highest BCUT2D eigenvalue weighted by Crippen LogP contribution is 2.28. The molecule has 0 bridgehead atoms. The summed E-state index contributed by atoms with van der Waals surface area (Å²) in [6.07, 6.45) is -0.852. The second-order valence-corrected chi connectivity index (χ2v) is 4.24. The average Bonchev–Trinajstić information content (AvgIpc) is 2.47. The fourth-order valence-electron chi connectivity index (χ4n) is 1.67. The van der Waals surface area contributed by atoms with Crippen LogP contribution < -0.4 is 14.8 Å². The summed E-state index contributed by atoms with van der Waals surface area (Å²) < 4.78 is 15.7. The molecule has 1 atom stereocenters. The molecule has 0 radical (unpaired) electrons. The van der Waals surface area contributed by atoms with Gasteiger partial charge in [-0.25, -0.2) is 4.79 Å². The number of ether oxygens (including phenoxy) is 3. The summed E-state index contributed by atoms with van der Waals surface area (Å²) in [4.78, 5) is 23.6. The van der Waals surface area contributed by atoms with E-state index in [0.29, 0.717) is 30.2 Å². The van der Waals surface area contributed by atoms with Gasteiger partial charge in [0.1, 0.15) is 0 Å². The van der Waals surface area contributed by atoms with Crippen molar-refractivity contribution in [1.82, 2.24) is 5.32 Å². The minimum Gasteiger partial charge on any atom is -0.493 e. The maximum Gasteiger partial charge on any atom is 0.339 e. The number of nitrogens with one attached hydrogen (secondary N) is 1. The van der Waals surface area contributed by atoms with Crippen molar-refractivity contribution in [1.29, 1.82) is 0 Å². The van der Waals surface area contributed by atoms with E-state index in [1.54, 1.807) is 19.1 Å². The number of carbonyl (C=O) groups is 2. The third kappa shape index (κ3) is 4.66. The molecule has 1 aromatic carbocycles. The van der Waals surface area contributed by atoms with Crippen molar-refractivity contribution in [3.05, 3.63) is 23.8 Å². The van der Waals surface area contributed by atoms with Crippen molar-refractivity contribution in [2.45, 2.75) is 26.9 Å². The van der Waals surface area contributed by atoms with Crippen LogP contribution in [0.3, 0.4) is 0 Å². The Labute approximate surface area is 124 Å². The van der Waals surface area contributed by atoms with Gasteiger partial charge in [-0.3, -0.25) is 4.79 Å². The number of methoxy groups -OCH3 is 1. The first-order valence-corrected chi connectivity index (χ1v) is 6.83. The zero-order valence-electron chi connectivity index (χ0n) is 12.8. The Kier molecular flexibility index (Phi) is 6.52. The Balaban J connectivity index is 2.82. The summed E-state index contributed by atoms with van der Waals surface area (Å²) in [5.41, 5.74) is 0.301. The number of benzene rings is 1. The van der Waals surface area contributed by atoms with Gasteiger partial charge in [-0.15, -0.1) is 0 Å². The summed E-state index contributed by atoms with van der Waals surface area (Å²) in [6.45, 7) is 6.09. The SMILES string of the molecule is CCNC(=O)[C@H](C)OC(=O)c1ccc(OC)c(OCC)c1. The van der Waals surface area contributed by atoms with E-state index in [0.717, 1.165) is 0 Å². The molecule has 6 nitrogen and oxygen atoms in total. The topological polar surface area (TPSA) is 73.9 Å². The van der Waals surface area contributed by atoms with Crippen molar-refractivity contribution in [3.63, 3.8) is 0 Å². The zero-order valence-corrected chi connectivity index (χ0v) is 12.8. The van der Waals surface area contributed by atoms with Crippen molar-refractivity contribution in [2.24, 2.45) is 0 Å². The van der Waals surface area contributed by atoms with Gasteiger partial charge in [0.25, 0.3) is 5.91 Å². The lowest BCUT2D eigenvalue weighted by Crippen LogP contribution is -2.35. The molecule has 0 saturated carbocycles. The van der Waals surface area contributed by atoms with Crippen LogP contribution in [0.25, 0.3) is 0 Å². The Morgan fingerprint density at radius 2 is 1.95 bits per heavy atom. The number of esters is 1. The van der Waals surface area contributed by atoms with Gasteiger partial charge in [-0.2, -0.15) is 0 Å². The van der Waals surface area contributed by atoms with Gasteiger partial charge in [0.15, 0.2) is 17.6 Å². The molecule has 1 N–H and O–H groups in total. The second-order valence-electron chi connectivity index (χ2n) is 4.24. The van der Waals surface area contributed by atoms with Gasteiger partial charge in [0, 0.05) is 6.54 Å². The lowest BCUT2D eigenvalue weighted by molar-refractivity contribution is -0.128. The highest BCUT2D eigenvalue weighted by atomic mass is 16.5. The molecule has 0 unspecified atom stereocenters. The van der Waals surface area contributed by atoms with Crippen molar-refractivity contribution in [2.75, 3.05) is 20.3 Å². The van der Waals surface area contributed by atoms with Crippen LogP contribution in [-0.4, -0.2) is 38.2 Å². The van der Waals surface area contributed by atoms with E-state index in [1.165, 1.54) is 20.1 Å². The van der Waals surface area contributed by atoms with E-state index in [4.69, 9.17) is 14.2 Å². The lowest BCUT2D eigenvalue weighted by atomic mass is 10.2. The molecular weight excluding hydrogens is 274 g/mol. The van der Waals surface area contributed by atoms with E-state index in [2.05, 4.69) is 5.32 Å². The molecule has 0 aliphatic carbocycles. The molecule has 0 heterocycles. The number of hydrogen-bond acceptors (Lipinski definition) is 5. The second kappa shape index (κ2) is 8.14. The van der Waals surface area contributed by atoms with E-state index >= 15 is 0 Å². The summed E-state index contributed by atoms with van der Waals surface area (Å²) in [5, 5.41) is 2.59. The smallest absolute Gasteiger partial charge is 0.339 e. The predicted octanol–water partition coefficient (Wildman–Crippen LogP) is 1.78. The standard InChI is InChI=1S/C15H21NO5/c1-5-16-14(17)10(3)21-15(18)11-7-8-12(19-4)13(9-11)20-6-2/h7-10H,5-6H2,1-4H3,(H,16,17)/t10-/m0/s1. The van der Waals surface area contributed by atoms with Gasteiger partial charge in [0.05, 0.1) is 19.3 Å². The Bertz CT molecular complexity index is 501. The minimum atomic E-state index is -0.852. The van der Waals surface area contributed by atoms with Crippen LogP contribution in [0.4, 0.5) is 0 Å². The highest BCUT2D eigenvalue weighted by molar-refractivity contribution is 5.92. The number of rotatable bonds is 7. The molecule has 0 spiro atoms. The summed E-state index contributed by atoms with van der Waals surface area (Å²) in [6, 6.07) is 4.72. The van der Waals surface area contributed by atoms with Gasteiger partial charge >= 0.3 is 5.97 Å². The Morgan fingerprint density at radius 1 is 1.24 bits per heavy atom. The number of likely N-dealkylation sites (N-methyl/N-ethyl adjacent to an activating group) is 1.